The lowest BCUT2D eigenvalue weighted by atomic mass is 9.87. The fourth-order valence-corrected chi connectivity index (χ4v) is 3.39. The molecular formula is C27H22N2O6. The molecule has 0 unspecified atom stereocenters. The van der Waals surface area contributed by atoms with E-state index < -0.39 is 16.9 Å². The molecule has 0 bridgehead atoms. The van der Waals surface area contributed by atoms with Crippen molar-refractivity contribution in [2.45, 2.75) is 26.2 Å². The van der Waals surface area contributed by atoms with Crippen LogP contribution in [0.4, 0.5) is 5.69 Å². The molecule has 35 heavy (non-hydrogen) atoms. The highest BCUT2D eigenvalue weighted by Gasteiger charge is 2.25. The summed E-state index contributed by atoms with van der Waals surface area (Å²) in [6, 6.07) is 19.5. The molecule has 0 aromatic heterocycles. The average molecular weight is 470 g/mol. The van der Waals surface area contributed by atoms with Gasteiger partial charge in [-0.2, -0.15) is 0 Å². The Morgan fingerprint density at radius 1 is 1.03 bits per heavy atom. The van der Waals surface area contributed by atoms with Crippen LogP contribution in [-0.2, 0) is 14.9 Å². The standard InChI is InChI=1S/C27H22N2O6/c1-27(2,3)20-13-11-17(12-14-20)24-28-22(26(31)35-24)16-18-7-4-5-10-23(18)34-25(30)19-8-6-9-21(15-19)29(32)33/h4-16H,1-3H3/b22-16-. The number of esters is 2. The van der Waals surface area contributed by atoms with Gasteiger partial charge in [0.15, 0.2) is 5.70 Å². The zero-order valence-corrected chi connectivity index (χ0v) is 19.3. The molecule has 0 radical (unpaired) electrons. The normalized spacial score (nSPS) is 14.4. The second-order valence-corrected chi connectivity index (χ2v) is 8.90. The Morgan fingerprint density at radius 3 is 2.43 bits per heavy atom. The Bertz CT molecular complexity index is 1380. The van der Waals surface area contributed by atoms with E-state index in [1.807, 2.05) is 24.3 Å². The lowest BCUT2D eigenvalue weighted by molar-refractivity contribution is -0.384. The van der Waals surface area contributed by atoms with Crippen LogP contribution in [0.2, 0.25) is 0 Å². The van der Waals surface area contributed by atoms with Crippen LogP contribution in [0.5, 0.6) is 5.75 Å². The number of carbonyl (C=O) groups excluding carboxylic acids is 2. The first-order valence-corrected chi connectivity index (χ1v) is 10.8. The van der Waals surface area contributed by atoms with E-state index in [2.05, 4.69) is 25.8 Å². The molecule has 3 aromatic rings. The number of hydrogen-bond donors (Lipinski definition) is 0. The molecule has 1 aliphatic rings. The second kappa shape index (κ2) is 9.34. The summed E-state index contributed by atoms with van der Waals surface area (Å²) in [5.41, 5.74) is 2.08. The molecule has 0 saturated carbocycles. The maximum absolute atomic E-state index is 12.6. The zero-order chi connectivity index (χ0) is 25.2. The molecule has 0 spiro atoms. The van der Waals surface area contributed by atoms with Crippen molar-refractivity contribution in [2.75, 3.05) is 0 Å². The highest BCUT2D eigenvalue weighted by molar-refractivity contribution is 6.13. The number of carbonyl (C=O) groups is 2. The van der Waals surface area contributed by atoms with E-state index in [0.29, 0.717) is 11.1 Å². The summed E-state index contributed by atoms with van der Waals surface area (Å²) in [6.07, 6.45) is 1.47. The number of para-hydroxylation sites is 1. The monoisotopic (exact) mass is 470 g/mol. The van der Waals surface area contributed by atoms with Crippen molar-refractivity contribution < 1.29 is 24.0 Å². The van der Waals surface area contributed by atoms with Gasteiger partial charge < -0.3 is 9.47 Å². The van der Waals surface area contributed by atoms with Gasteiger partial charge in [-0.15, -0.1) is 0 Å². The Hall–Kier alpha value is -4.59. The van der Waals surface area contributed by atoms with Crippen molar-refractivity contribution in [3.8, 4) is 5.75 Å². The van der Waals surface area contributed by atoms with Gasteiger partial charge in [-0.1, -0.05) is 57.2 Å². The highest BCUT2D eigenvalue weighted by Crippen LogP contribution is 2.27. The summed E-state index contributed by atoms with van der Waals surface area (Å²) in [4.78, 5) is 39.8. The van der Waals surface area contributed by atoms with E-state index in [1.54, 1.807) is 24.3 Å². The minimum Gasteiger partial charge on any atom is -0.422 e. The van der Waals surface area contributed by atoms with E-state index >= 15 is 0 Å². The molecule has 4 rings (SSSR count). The Labute approximate surface area is 201 Å². The Balaban J connectivity index is 1.59. The van der Waals surface area contributed by atoms with Gasteiger partial charge >= 0.3 is 11.9 Å². The number of cyclic esters (lactones) is 1. The predicted octanol–water partition coefficient (Wildman–Crippen LogP) is 5.46. The Morgan fingerprint density at radius 2 is 1.74 bits per heavy atom. The van der Waals surface area contributed by atoms with Crippen molar-refractivity contribution in [1.82, 2.24) is 0 Å². The topological polar surface area (TPSA) is 108 Å². The van der Waals surface area contributed by atoms with Gasteiger partial charge in [0.1, 0.15) is 5.75 Å². The van der Waals surface area contributed by atoms with Crippen molar-refractivity contribution in [2.24, 2.45) is 4.99 Å². The van der Waals surface area contributed by atoms with Crippen LogP contribution in [0.1, 0.15) is 47.8 Å². The number of ether oxygens (including phenoxy) is 2. The van der Waals surface area contributed by atoms with Gasteiger partial charge in [-0.05, 0) is 41.3 Å². The number of hydrogen-bond acceptors (Lipinski definition) is 7. The maximum Gasteiger partial charge on any atom is 0.363 e. The van der Waals surface area contributed by atoms with Crippen molar-refractivity contribution in [3.63, 3.8) is 0 Å². The van der Waals surface area contributed by atoms with Gasteiger partial charge in [0.2, 0.25) is 5.90 Å². The summed E-state index contributed by atoms with van der Waals surface area (Å²) < 4.78 is 10.8. The number of non-ortho nitro benzene ring substituents is 1. The third-order valence-corrected chi connectivity index (χ3v) is 5.32. The van der Waals surface area contributed by atoms with Crippen LogP contribution < -0.4 is 4.74 Å². The lowest BCUT2D eigenvalue weighted by Gasteiger charge is -2.18. The molecule has 1 heterocycles. The zero-order valence-electron chi connectivity index (χ0n) is 19.3. The van der Waals surface area contributed by atoms with Gasteiger partial charge in [0.25, 0.3) is 5.69 Å². The van der Waals surface area contributed by atoms with Crippen LogP contribution in [-0.4, -0.2) is 22.8 Å². The van der Waals surface area contributed by atoms with Gasteiger partial charge in [-0.25, -0.2) is 14.6 Å². The smallest absolute Gasteiger partial charge is 0.363 e. The summed E-state index contributed by atoms with van der Waals surface area (Å²) >= 11 is 0. The molecule has 8 heteroatoms. The molecule has 1 aliphatic heterocycles. The van der Waals surface area contributed by atoms with E-state index in [-0.39, 0.29) is 34.0 Å². The molecule has 3 aromatic carbocycles. The Kier molecular flexibility index (Phi) is 6.29. The van der Waals surface area contributed by atoms with Gasteiger partial charge in [-0.3, -0.25) is 10.1 Å². The molecule has 0 atom stereocenters. The molecule has 8 nitrogen and oxygen atoms in total. The van der Waals surface area contributed by atoms with Crippen LogP contribution in [0.3, 0.4) is 0 Å². The highest BCUT2D eigenvalue weighted by atomic mass is 16.6. The summed E-state index contributed by atoms with van der Waals surface area (Å²) in [5.74, 6) is -1.04. The van der Waals surface area contributed by atoms with E-state index in [4.69, 9.17) is 9.47 Å². The number of nitro groups is 1. The molecule has 0 amide bonds. The maximum atomic E-state index is 12.6. The largest absolute Gasteiger partial charge is 0.422 e. The summed E-state index contributed by atoms with van der Waals surface area (Å²) in [7, 11) is 0. The van der Waals surface area contributed by atoms with Crippen LogP contribution >= 0.6 is 0 Å². The van der Waals surface area contributed by atoms with E-state index in [1.165, 1.54) is 24.3 Å². The van der Waals surface area contributed by atoms with Gasteiger partial charge in [0, 0.05) is 23.3 Å². The van der Waals surface area contributed by atoms with Crippen LogP contribution in [0.15, 0.2) is 83.5 Å². The first-order chi connectivity index (χ1) is 16.6. The molecular weight excluding hydrogens is 448 g/mol. The molecule has 176 valence electrons. The fourth-order valence-electron chi connectivity index (χ4n) is 3.39. The third kappa shape index (κ3) is 5.33. The van der Waals surface area contributed by atoms with E-state index in [9.17, 15) is 19.7 Å². The molecule has 0 aliphatic carbocycles. The number of rotatable bonds is 5. The van der Waals surface area contributed by atoms with Crippen LogP contribution in [0, 0.1) is 10.1 Å². The van der Waals surface area contributed by atoms with Crippen molar-refractivity contribution in [3.05, 3.63) is 111 Å². The number of aliphatic imine (C=N–C) groups is 1. The third-order valence-electron chi connectivity index (χ3n) is 5.32. The van der Waals surface area contributed by atoms with Crippen molar-refractivity contribution >= 4 is 29.6 Å². The SMILES string of the molecule is CC(C)(C)c1ccc(C2=N/C(=C\c3ccccc3OC(=O)c3cccc([N+](=O)[O-])c3)C(=O)O2)cc1. The molecule has 0 N–H and O–H groups in total. The average Bonchev–Trinajstić information content (AvgIpc) is 3.20. The second-order valence-electron chi connectivity index (χ2n) is 8.90. The quantitative estimate of drug-likeness (QED) is 0.161. The van der Waals surface area contributed by atoms with Crippen molar-refractivity contribution in [1.29, 1.82) is 0 Å². The summed E-state index contributed by atoms with van der Waals surface area (Å²) in [5, 5.41) is 11.0. The van der Waals surface area contributed by atoms with Crippen LogP contribution in [0.25, 0.3) is 6.08 Å². The minimum absolute atomic E-state index is 0.0103. The number of nitrogens with zero attached hydrogens (tertiary/aromatic N) is 2. The fraction of sp³-hybridized carbons (Fsp3) is 0.148. The van der Waals surface area contributed by atoms with Gasteiger partial charge in [0.05, 0.1) is 10.5 Å². The molecule has 0 saturated heterocycles. The first-order valence-electron chi connectivity index (χ1n) is 10.8. The molecule has 0 fully saturated rings. The lowest BCUT2D eigenvalue weighted by Crippen LogP contribution is -2.11. The number of nitro benzene ring substituents is 1. The minimum atomic E-state index is -0.767. The predicted molar refractivity (Wildman–Crippen MR) is 130 cm³/mol. The first kappa shape index (κ1) is 23.6. The number of benzene rings is 3. The van der Waals surface area contributed by atoms with E-state index in [0.717, 1.165) is 11.6 Å². The summed E-state index contributed by atoms with van der Waals surface area (Å²) in [6.45, 7) is 6.33.